The maximum Gasteiger partial charge on any atom is 0.140 e. The maximum absolute atomic E-state index is 9.10. The summed E-state index contributed by atoms with van der Waals surface area (Å²) in [5, 5.41) is 10.2. The van der Waals surface area contributed by atoms with Crippen LogP contribution < -0.4 is 0 Å². The molecule has 0 bridgehead atoms. The van der Waals surface area contributed by atoms with Gasteiger partial charge in [0.25, 0.3) is 0 Å². The zero-order chi connectivity index (χ0) is 9.26. The first kappa shape index (κ1) is 8.26. The lowest BCUT2D eigenvalue weighted by Gasteiger charge is -2.03. The van der Waals surface area contributed by atoms with Crippen LogP contribution in [0.25, 0.3) is 11.0 Å². The van der Waals surface area contributed by atoms with Crippen LogP contribution in [0.15, 0.2) is 24.4 Å². The molecule has 3 heteroatoms. The predicted octanol–water partition coefficient (Wildman–Crippen LogP) is 1.55. The van der Waals surface area contributed by atoms with Gasteiger partial charge in [0.1, 0.15) is 5.65 Å². The quantitative estimate of drug-likeness (QED) is 0.753. The van der Waals surface area contributed by atoms with Gasteiger partial charge in [-0.15, -0.1) is 0 Å². The summed E-state index contributed by atoms with van der Waals surface area (Å²) in [4.78, 5) is 4.27. The van der Waals surface area contributed by atoms with Crippen LogP contribution in [0.1, 0.15) is 12.6 Å². The van der Waals surface area contributed by atoms with Crippen molar-refractivity contribution in [3.8, 4) is 0 Å². The van der Waals surface area contributed by atoms with Crippen LogP contribution in [0.4, 0.5) is 0 Å². The van der Waals surface area contributed by atoms with E-state index in [4.69, 9.17) is 5.11 Å². The minimum Gasteiger partial charge on any atom is -0.390 e. The van der Waals surface area contributed by atoms with Gasteiger partial charge in [-0.05, 0) is 25.1 Å². The fourth-order valence-electron chi connectivity index (χ4n) is 1.62. The first-order chi connectivity index (χ1) is 6.36. The molecule has 0 aromatic carbocycles. The van der Waals surface area contributed by atoms with Crippen molar-refractivity contribution in [1.29, 1.82) is 0 Å². The third-order valence-corrected chi connectivity index (χ3v) is 2.22. The molecule has 0 aliphatic rings. The Morgan fingerprint density at radius 3 is 3.08 bits per heavy atom. The zero-order valence-electron chi connectivity index (χ0n) is 7.57. The molecule has 2 rings (SSSR count). The molecule has 0 radical (unpaired) electrons. The van der Waals surface area contributed by atoms with Crippen molar-refractivity contribution in [3.63, 3.8) is 0 Å². The summed E-state index contributed by atoms with van der Waals surface area (Å²) in [6.07, 6.45) is 1.77. The van der Waals surface area contributed by atoms with Crippen molar-refractivity contribution in [2.45, 2.75) is 20.1 Å². The van der Waals surface area contributed by atoms with E-state index in [9.17, 15) is 0 Å². The Morgan fingerprint density at radius 2 is 2.38 bits per heavy atom. The van der Waals surface area contributed by atoms with E-state index in [0.29, 0.717) is 0 Å². The summed E-state index contributed by atoms with van der Waals surface area (Å²) in [6, 6.07) is 5.89. The standard InChI is InChI=1S/C10H12N2O/c1-2-12-9(7-13)6-8-4-3-5-11-10(8)12/h3-6,13H,2,7H2,1H3. The fourth-order valence-corrected chi connectivity index (χ4v) is 1.62. The van der Waals surface area contributed by atoms with Crippen molar-refractivity contribution in [2.24, 2.45) is 0 Å². The third kappa shape index (κ3) is 1.21. The second-order valence-electron chi connectivity index (χ2n) is 2.95. The molecule has 68 valence electrons. The first-order valence-electron chi connectivity index (χ1n) is 4.40. The van der Waals surface area contributed by atoms with Crippen LogP contribution >= 0.6 is 0 Å². The zero-order valence-corrected chi connectivity index (χ0v) is 7.57. The Balaban J connectivity index is 2.73. The molecule has 0 saturated carbocycles. The Bertz CT molecular complexity index is 420. The maximum atomic E-state index is 9.10. The number of aliphatic hydroxyl groups excluding tert-OH is 1. The SMILES string of the molecule is CCn1c(CO)cc2cccnc21. The molecular weight excluding hydrogens is 164 g/mol. The van der Waals surface area contributed by atoms with Crippen molar-refractivity contribution in [3.05, 3.63) is 30.1 Å². The summed E-state index contributed by atoms with van der Waals surface area (Å²) in [7, 11) is 0. The highest BCUT2D eigenvalue weighted by atomic mass is 16.3. The van der Waals surface area contributed by atoms with Gasteiger partial charge in [0.2, 0.25) is 0 Å². The number of pyridine rings is 1. The smallest absolute Gasteiger partial charge is 0.140 e. The van der Waals surface area contributed by atoms with Gasteiger partial charge in [0.05, 0.1) is 6.61 Å². The Morgan fingerprint density at radius 1 is 1.54 bits per heavy atom. The number of aliphatic hydroxyl groups is 1. The van der Waals surface area contributed by atoms with Gasteiger partial charge < -0.3 is 9.67 Å². The van der Waals surface area contributed by atoms with Crippen molar-refractivity contribution in [2.75, 3.05) is 0 Å². The Hall–Kier alpha value is -1.35. The molecule has 0 saturated heterocycles. The van der Waals surface area contributed by atoms with Gasteiger partial charge in [-0.25, -0.2) is 4.98 Å². The van der Waals surface area contributed by atoms with E-state index < -0.39 is 0 Å². The lowest BCUT2D eigenvalue weighted by Crippen LogP contribution is -2.00. The van der Waals surface area contributed by atoms with E-state index >= 15 is 0 Å². The molecule has 2 aromatic heterocycles. The van der Waals surface area contributed by atoms with Crippen molar-refractivity contribution >= 4 is 11.0 Å². The lowest BCUT2D eigenvalue weighted by atomic mass is 10.3. The topological polar surface area (TPSA) is 38.0 Å². The van der Waals surface area contributed by atoms with Crippen LogP contribution in [0, 0.1) is 0 Å². The summed E-state index contributed by atoms with van der Waals surface area (Å²) in [5.74, 6) is 0. The molecule has 0 amide bonds. The van der Waals surface area contributed by atoms with E-state index in [2.05, 4.69) is 4.98 Å². The number of aryl methyl sites for hydroxylation is 1. The van der Waals surface area contributed by atoms with Crippen LogP contribution in [0.3, 0.4) is 0 Å². The van der Waals surface area contributed by atoms with E-state index in [1.807, 2.05) is 29.7 Å². The molecule has 0 spiro atoms. The third-order valence-electron chi connectivity index (χ3n) is 2.22. The molecule has 13 heavy (non-hydrogen) atoms. The highest BCUT2D eigenvalue weighted by molar-refractivity contribution is 5.77. The molecule has 0 fully saturated rings. The largest absolute Gasteiger partial charge is 0.390 e. The molecule has 1 N–H and O–H groups in total. The van der Waals surface area contributed by atoms with Crippen LogP contribution in [0.5, 0.6) is 0 Å². The Labute approximate surface area is 76.6 Å². The highest BCUT2D eigenvalue weighted by Gasteiger charge is 2.05. The number of fused-ring (bicyclic) bond motifs is 1. The highest BCUT2D eigenvalue weighted by Crippen LogP contribution is 2.17. The average molecular weight is 176 g/mol. The van der Waals surface area contributed by atoms with Gasteiger partial charge >= 0.3 is 0 Å². The second kappa shape index (κ2) is 3.18. The van der Waals surface area contributed by atoms with Gasteiger partial charge in [0, 0.05) is 23.8 Å². The monoisotopic (exact) mass is 176 g/mol. The van der Waals surface area contributed by atoms with E-state index in [0.717, 1.165) is 23.3 Å². The molecule has 0 aliphatic carbocycles. The fraction of sp³-hybridized carbons (Fsp3) is 0.300. The molecule has 2 heterocycles. The number of nitrogens with zero attached hydrogens (tertiary/aromatic N) is 2. The Kier molecular flexibility index (Phi) is 2.02. The molecule has 2 aromatic rings. The average Bonchev–Trinajstić information content (AvgIpc) is 2.55. The summed E-state index contributed by atoms with van der Waals surface area (Å²) >= 11 is 0. The molecular formula is C10H12N2O. The van der Waals surface area contributed by atoms with Gasteiger partial charge in [-0.2, -0.15) is 0 Å². The molecule has 0 aliphatic heterocycles. The van der Waals surface area contributed by atoms with Crippen LogP contribution in [0.2, 0.25) is 0 Å². The summed E-state index contributed by atoms with van der Waals surface area (Å²) in [5.41, 5.74) is 1.88. The van der Waals surface area contributed by atoms with Crippen molar-refractivity contribution < 1.29 is 5.11 Å². The first-order valence-corrected chi connectivity index (χ1v) is 4.40. The number of hydrogen-bond donors (Lipinski definition) is 1. The summed E-state index contributed by atoms with van der Waals surface area (Å²) < 4.78 is 2.02. The van der Waals surface area contributed by atoms with Crippen molar-refractivity contribution in [1.82, 2.24) is 9.55 Å². The normalized spacial score (nSPS) is 10.9. The van der Waals surface area contributed by atoms with Gasteiger partial charge in [-0.1, -0.05) is 0 Å². The van der Waals surface area contributed by atoms with E-state index in [1.54, 1.807) is 6.20 Å². The number of rotatable bonds is 2. The van der Waals surface area contributed by atoms with Gasteiger partial charge in [-0.3, -0.25) is 0 Å². The minimum absolute atomic E-state index is 0.0736. The number of hydrogen-bond acceptors (Lipinski definition) is 2. The summed E-state index contributed by atoms with van der Waals surface area (Å²) in [6.45, 7) is 2.97. The second-order valence-corrected chi connectivity index (χ2v) is 2.95. The lowest BCUT2D eigenvalue weighted by molar-refractivity contribution is 0.271. The van der Waals surface area contributed by atoms with Gasteiger partial charge in [0.15, 0.2) is 0 Å². The predicted molar refractivity (Wildman–Crippen MR) is 51.3 cm³/mol. The van der Waals surface area contributed by atoms with E-state index in [-0.39, 0.29) is 6.61 Å². The molecule has 3 nitrogen and oxygen atoms in total. The number of aromatic nitrogens is 2. The van der Waals surface area contributed by atoms with Crippen LogP contribution in [-0.4, -0.2) is 14.7 Å². The minimum atomic E-state index is 0.0736. The van der Waals surface area contributed by atoms with Crippen LogP contribution in [-0.2, 0) is 13.2 Å². The molecule has 0 unspecified atom stereocenters. The molecule has 0 atom stereocenters. The van der Waals surface area contributed by atoms with E-state index in [1.165, 1.54) is 0 Å².